The zero-order valence-electron chi connectivity index (χ0n) is 11.2. The van der Waals surface area contributed by atoms with Gasteiger partial charge in [-0.1, -0.05) is 15.9 Å². The highest BCUT2D eigenvalue weighted by Crippen LogP contribution is 2.25. The standard InChI is InChI=1S/C15H15BrN2O2/c1-9-5-11(17)3-4-14(9)15(19)18-12-6-10(16)7-13(8-12)20-2/h3-8H,17H2,1-2H3,(H,18,19). The first-order chi connectivity index (χ1) is 9.49. The summed E-state index contributed by atoms with van der Waals surface area (Å²) in [6.07, 6.45) is 0. The molecule has 0 unspecified atom stereocenters. The molecule has 0 aliphatic rings. The second-order valence-electron chi connectivity index (χ2n) is 4.41. The topological polar surface area (TPSA) is 64.3 Å². The van der Waals surface area contributed by atoms with Gasteiger partial charge in [0.25, 0.3) is 5.91 Å². The molecule has 0 saturated heterocycles. The molecule has 104 valence electrons. The van der Waals surface area contributed by atoms with Gasteiger partial charge in [-0.2, -0.15) is 0 Å². The number of rotatable bonds is 3. The van der Waals surface area contributed by atoms with Crippen molar-refractivity contribution in [2.45, 2.75) is 6.92 Å². The number of hydrogen-bond acceptors (Lipinski definition) is 3. The molecular formula is C15H15BrN2O2. The molecule has 4 nitrogen and oxygen atoms in total. The van der Waals surface area contributed by atoms with Gasteiger partial charge in [-0.15, -0.1) is 0 Å². The third-order valence-corrected chi connectivity index (χ3v) is 3.32. The smallest absolute Gasteiger partial charge is 0.255 e. The number of carbonyl (C=O) groups excluding carboxylic acids is 1. The molecule has 3 N–H and O–H groups in total. The number of amides is 1. The fourth-order valence-corrected chi connectivity index (χ4v) is 2.37. The van der Waals surface area contributed by atoms with Crippen molar-refractivity contribution in [2.24, 2.45) is 0 Å². The number of nitrogens with two attached hydrogens (primary N) is 1. The van der Waals surface area contributed by atoms with Gasteiger partial charge in [-0.25, -0.2) is 0 Å². The Bertz CT molecular complexity index is 656. The molecule has 0 spiro atoms. The Morgan fingerprint density at radius 1 is 1.25 bits per heavy atom. The van der Waals surface area contributed by atoms with Crippen LogP contribution in [0.1, 0.15) is 15.9 Å². The van der Waals surface area contributed by atoms with Crippen LogP contribution in [0.25, 0.3) is 0 Å². The quantitative estimate of drug-likeness (QED) is 0.843. The molecule has 0 aliphatic heterocycles. The monoisotopic (exact) mass is 334 g/mol. The van der Waals surface area contributed by atoms with Crippen LogP contribution in [-0.2, 0) is 0 Å². The number of aryl methyl sites for hydroxylation is 1. The van der Waals surface area contributed by atoms with Crippen molar-refractivity contribution in [1.82, 2.24) is 0 Å². The molecule has 1 amide bonds. The van der Waals surface area contributed by atoms with E-state index in [-0.39, 0.29) is 5.91 Å². The molecule has 0 heterocycles. The summed E-state index contributed by atoms with van der Waals surface area (Å²) in [5, 5.41) is 2.84. The second-order valence-corrected chi connectivity index (χ2v) is 5.32. The second kappa shape index (κ2) is 5.96. The van der Waals surface area contributed by atoms with Gasteiger partial charge in [0.05, 0.1) is 7.11 Å². The Labute approximate surface area is 126 Å². The lowest BCUT2D eigenvalue weighted by Crippen LogP contribution is -2.13. The number of methoxy groups -OCH3 is 1. The maximum Gasteiger partial charge on any atom is 0.255 e. The lowest BCUT2D eigenvalue weighted by atomic mass is 10.1. The highest BCUT2D eigenvalue weighted by atomic mass is 79.9. The molecule has 2 rings (SSSR count). The normalized spacial score (nSPS) is 10.2. The zero-order valence-corrected chi connectivity index (χ0v) is 12.8. The van der Waals surface area contributed by atoms with Crippen molar-refractivity contribution >= 4 is 33.2 Å². The number of carbonyl (C=O) groups is 1. The average Bonchev–Trinajstić information content (AvgIpc) is 2.37. The van der Waals surface area contributed by atoms with E-state index in [1.165, 1.54) is 0 Å². The summed E-state index contributed by atoms with van der Waals surface area (Å²) in [6, 6.07) is 10.6. The molecular weight excluding hydrogens is 320 g/mol. The molecule has 5 heteroatoms. The molecule has 0 bridgehead atoms. The Kier molecular flexibility index (Phi) is 4.29. The minimum absolute atomic E-state index is 0.178. The van der Waals surface area contributed by atoms with E-state index >= 15 is 0 Å². The van der Waals surface area contributed by atoms with Crippen LogP contribution >= 0.6 is 15.9 Å². The molecule has 2 aromatic carbocycles. The summed E-state index contributed by atoms with van der Waals surface area (Å²) < 4.78 is 6.00. The number of halogens is 1. The van der Waals surface area contributed by atoms with E-state index in [1.807, 2.05) is 19.1 Å². The fraction of sp³-hybridized carbons (Fsp3) is 0.133. The minimum Gasteiger partial charge on any atom is -0.497 e. The first-order valence-electron chi connectivity index (χ1n) is 6.01. The highest BCUT2D eigenvalue weighted by molar-refractivity contribution is 9.10. The number of nitrogen functional groups attached to an aromatic ring is 1. The Morgan fingerprint density at radius 3 is 2.65 bits per heavy atom. The van der Waals surface area contributed by atoms with E-state index in [9.17, 15) is 4.79 Å². The maximum absolute atomic E-state index is 12.2. The van der Waals surface area contributed by atoms with Crippen molar-refractivity contribution < 1.29 is 9.53 Å². The average molecular weight is 335 g/mol. The summed E-state index contributed by atoms with van der Waals surface area (Å²) in [6.45, 7) is 1.85. The van der Waals surface area contributed by atoms with Crippen molar-refractivity contribution in [3.05, 3.63) is 52.0 Å². The first kappa shape index (κ1) is 14.4. The number of benzene rings is 2. The predicted molar refractivity (Wildman–Crippen MR) is 84.2 cm³/mol. The minimum atomic E-state index is -0.178. The van der Waals surface area contributed by atoms with E-state index in [2.05, 4.69) is 21.2 Å². The van der Waals surface area contributed by atoms with Gasteiger partial charge < -0.3 is 15.8 Å². The summed E-state index contributed by atoms with van der Waals surface area (Å²) in [5.74, 6) is 0.492. The number of ether oxygens (including phenoxy) is 1. The zero-order chi connectivity index (χ0) is 14.7. The lowest BCUT2D eigenvalue weighted by molar-refractivity contribution is 0.102. The van der Waals surface area contributed by atoms with E-state index in [1.54, 1.807) is 31.4 Å². The first-order valence-corrected chi connectivity index (χ1v) is 6.81. The molecule has 2 aromatic rings. The van der Waals surface area contributed by atoms with E-state index in [0.29, 0.717) is 22.7 Å². The van der Waals surface area contributed by atoms with Gasteiger partial charge in [-0.05, 0) is 42.8 Å². The number of hydrogen-bond donors (Lipinski definition) is 2. The number of anilines is 2. The molecule has 0 radical (unpaired) electrons. The van der Waals surface area contributed by atoms with Gasteiger partial charge in [0.1, 0.15) is 5.75 Å². The van der Waals surface area contributed by atoms with Gasteiger partial charge in [0.2, 0.25) is 0 Å². The molecule has 0 aliphatic carbocycles. The van der Waals surface area contributed by atoms with Gasteiger partial charge >= 0.3 is 0 Å². The van der Waals surface area contributed by atoms with Crippen LogP contribution in [0, 0.1) is 6.92 Å². The fourth-order valence-electron chi connectivity index (χ4n) is 1.89. The van der Waals surface area contributed by atoms with Gasteiger partial charge in [0.15, 0.2) is 0 Å². The van der Waals surface area contributed by atoms with Crippen LogP contribution in [0.3, 0.4) is 0 Å². The van der Waals surface area contributed by atoms with Crippen molar-refractivity contribution in [2.75, 3.05) is 18.2 Å². The van der Waals surface area contributed by atoms with Crippen LogP contribution in [-0.4, -0.2) is 13.0 Å². The summed E-state index contributed by atoms with van der Waals surface area (Å²) in [7, 11) is 1.58. The van der Waals surface area contributed by atoms with Crippen LogP contribution in [0.2, 0.25) is 0 Å². The van der Waals surface area contributed by atoms with Crippen molar-refractivity contribution in [3.63, 3.8) is 0 Å². The van der Waals surface area contributed by atoms with Crippen LogP contribution < -0.4 is 15.8 Å². The van der Waals surface area contributed by atoms with Crippen LogP contribution in [0.4, 0.5) is 11.4 Å². The summed E-state index contributed by atoms with van der Waals surface area (Å²) in [4.78, 5) is 12.2. The predicted octanol–water partition coefficient (Wildman–Crippen LogP) is 3.60. The third kappa shape index (κ3) is 3.30. The SMILES string of the molecule is COc1cc(Br)cc(NC(=O)c2ccc(N)cc2C)c1. The number of nitrogens with one attached hydrogen (secondary N) is 1. The Balaban J connectivity index is 2.25. The Hall–Kier alpha value is -2.01. The third-order valence-electron chi connectivity index (χ3n) is 2.86. The van der Waals surface area contributed by atoms with E-state index < -0.39 is 0 Å². The van der Waals surface area contributed by atoms with Crippen molar-refractivity contribution in [1.29, 1.82) is 0 Å². The highest BCUT2D eigenvalue weighted by Gasteiger charge is 2.10. The van der Waals surface area contributed by atoms with E-state index in [0.717, 1.165) is 10.0 Å². The molecule has 0 fully saturated rings. The largest absolute Gasteiger partial charge is 0.497 e. The van der Waals surface area contributed by atoms with Crippen molar-refractivity contribution in [3.8, 4) is 5.75 Å². The molecule has 0 aromatic heterocycles. The summed E-state index contributed by atoms with van der Waals surface area (Å²) in [5.41, 5.74) is 8.42. The summed E-state index contributed by atoms with van der Waals surface area (Å²) >= 11 is 3.38. The van der Waals surface area contributed by atoms with Gasteiger partial charge in [0, 0.05) is 27.5 Å². The van der Waals surface area contributed by atoms with Gasteiger partial charge in [-0.3, -0.25) is 4.79 Å². The maximum atomic E-state index is 12.2. The molecule has 0 saturated carbocycles. The van der Waals surface area contributed by atoms with Crippen LogP contribution in [0.5, 0.6) is 5.75 Å². The van der Waals surface area contributed by atoms with E-state index in [4.69, 9.17) is 10.5 Å². The Morgan fingerprint density at radius 2 is 2.00 bits per heavy atom. The van der Waals surface area contributed by atoms with Crippen LogP contribution in [0.15, 0.2) is 40.9 Å². The molecule has 0 atom stereocenters. The lowest BCUT2D eigenvalue weighted by Gasteiger charge is -2.10. The molecule has 20 heavy (non-hydrogen) atoms.